The van der Waals surface area contributed by atoms with Crippen molar-refractivity contribution in [2.45, 2.75) is 19.9 Å². The Bertz CT molecular complexity index is 614. The first-order valence-electron chi connectivity index (χ1n) is 6.79. The number of nitrogens with zero attached hydrogens (tertiary/aromatic N) is 2. The summed E-state index contributed by atoms with van der Waals surface area (Å²) in [6.07, 6.45) is 1.02. The van der Waals surface area contributed by atoms with E-state index in [1.54, 1.807) is 29.4 Å². The Balaban J connectivity index is 2.04. The van der Waals surface area contributed by atoms with Crippen molar-refractivity contribution in [3.63, 3.8) is 0 Å². The van der Waals surface area contributed by atoms with E-state index < -0.39 is 0 Å². The van der Waals surface area contributed by atoms with Crippen molar-refractivity contribution in [3.05, 3.63) is 44.7 Å². The van der Waals surface area contributed by atoms with Crippen LogP contribution < -0.4 is 5.32 Å². The average molecular weight is 368 g/mol. The van der Waals surface area contributed by atoms with Gasteiger partial charge in [0, 0.05) is 20.1 Å². The lowest BCUT2D eigenvalue weighted by molar-refractivity contribution is 0.0779. The molecule has 0 aliphatic carbocycles. The summed E-state index contributed by atoms with van der Waals surface area (Å²) >= 11 is 5.05. The monoisotopic (exact) mass is 367 g/mol. The number of aromatic nitrogens is 1. The maximum atomic E-state index is 12.4. The fourth-order valence-corrected chi connectivity index (χ4v) is 3.08. The highest BCUT2D eigenvalue weighted by atomic mass is 79.9. The van der Waals surface area contributed by atoms with E-state index in [0.717, 1.165) is 28.1 Å². The van der Waals surface area contributed by atoms with Crippen molar-refractivity contribution in [2.24, 2.45) is 0 Å². The van der Waals surface area contributed by atoms with Crippen LogP contribution in [0.5, 0.6) is 0 Å². The largest absolute Gasteiger partial charge is 0.370 e. The second-order valence-corrected chi connectivity index (χ2v) is 7.05. The fourth-order valence-electron chi connectivity index (χ4n) is 1.88. The highest BCUT2D eigenvalue weighted by Crippen LogP contribution is 2.21. The van der Waals surface area contributed by atoms with E-state index in [2.05, 4.69) is 33.2 Å². The number of amides is 1. The quantitative estimate of drug-likeness (QED) is 0.838. The number of nitrogens with one attached hydrogen (secondary N) is 1. The summed E-state index contributed by atoms with van der Waals surface area (Å²) in [5.41, 5.74) is 1.58. The number of thiophene rings is 1. The van der Waals surface area contributed by atoms with Gasteiger partial charge in [0.1, 0.15) is 11.5 Å². The third-order valence-electron chi connectivity index (χ3n) is 2.91. The lowest BCUT2D eigenvalue weighted by Gasteiger charge is -2.16. The van der Waals surface area contributed by atoms with Gasteiger partial charge in [-0.2, -0.15) is 0 Å². The smallest absolute Gasteiger partial charge is 0.272 e. The zero-order chi connectivity index (χ0) is 15.2. The summed E-state index contributed by atoms with van der Waals surface area (Å²) < 4.78 is 1.07. The molecular weight excluding hydrogens is 350 g/mol. The Hall–Kier alpha value is -1.40. The Kier molecular flexibility index (Phi) is 5.76. The molecule has 4 nitrogen and oxygen atoms in total. The molecule has 1 amide bonds. The maximum Gasteiger partial charge on any atom is 0.272 e. The van der Waals surface area contributed by atoms with Crippen LogP contribution in [0, 0.1) is 0 Å². The Morgan fingerprint density at radius 1 is 1.48 bits per heavy atom. The van der Waals surface area contributed by atoms with Crippen LogP contribution in [0.4, 0.5) is 5.82 Å². The Morgan fingerprint density at radius 3 is 2.95 bits per heavy atom. The van der Waals surface area contributed by atoms with E-state index >= 15 is 0 Å². The van der Waals surface area contributed by atoms with Gasteiger partial charge in [-0.1, -0.05) is 13.0 Å². The highest BCUT2D eigenvalue weighted by Gasteiger charge is 2.14. The van der Waals surface area contributed by atoms with Crippen LogP contribution in [0.25, 0.3) is 0 Å². The molecule has 0 bridgehead atoms. The maximum absolute atomic E-state index is 12.4. The van der Waals surface area contributed by atoms with Crippen molar-refractivity contribution in [1.82, 2.24) is 9.88 Å². The van der Waals surface area contributed by atoms with Crippen LogP contribution in [0.15, 0.2) is 33.4 Å². The first-order chi connectivity index (χ1) is 10.1. The SMILES string of the molecule is CCCNc1cccc(C(=O)N(C)Cc2csc(Br)c2)n1. The minimum absolute atomic E-state index is 0.0718. The van der Waals surface area contributed by atoms with Gasteiger partial charge >= 0.3 is 0 Å². The first-order valence-corrected chi connectivity index (χ1v) is 8.46. The van der Waals surface area contributed by atoms with Crippen LogP contribution in [0.1, 0.15) is 29.4 Å². The van der Waals surface area contributed by atoms with Gasteiger partial charge in [0.05, 0.1) is 3.79 Å². The Labute approximate surface area is 137 Å². The van der Waals surface area contributed by atoms with Gasteiger partial charge in [0.15, 0.2) is 0 Å². The molecule has 0 atom stereocenters. The van der Waals surface area contributed by atoms with Gasteiger partial charge in [-0.3, -0.25) is 4.79 Å². The fraction of sp³-hybridized carbons (Fsp3) is 0.333. The second kappa shape index (κ2) is 7.56. The van der Waals surface area contributed by atoms with Gasteiger partial charge in [-0.05, 0) is 51.5 Å². The lowest BCUT2D eigenvalue weighted by atomic mass is 10.2. The summed E-state index contributed by atoms with van der Waals surface area (Å²) in [4.78, 5) is 18.5. The van der Waals surface area contributed by atoms with Gasteiger partial charge < -0.3 is 10.2 Å². The molecule has 0 spiro atoms. The predicted molar refractivity (Wildman–Crippen MR) is 90.8 cm³/mol. The average Bonchev–Trinajstić information content (AvgIpc) is 2.89. The summed E-state index contributed by atoms with van der Waals surface area (Å²) in [6, 6.07) is 7.51. The summed E-state index contributed by atoms with van der Waals surface area (Å²) in [6.45, 7) is 3.52. The van der Waals surface area contributed by atoms with Gasteiger partial charge in [0.2, 0.25) is 0 Å². The zero-order valence-electron chi connectivity index (χ0n) is 12.1. The highest BCUT2D eigenvalue weighted by molar-refractivity contribution is 9.11. The van der Waals surface area contributed by atoms with E-state index in [0.29, 0.717) is 12.2 Å². The molecule has 2 heterocycles. The van der Waals surface area contributed by atoms with Gasteiger partial charge in [0.25, 0.3) is 5.91 Å². The summed E-state index contributed by atoms with van der Waals surface area (Å²) in [7, 11) is 1.79. The van der Waals surface area contributed by atoms with Crippen LogP contribution in [-0.4, -0.2) is 29.4 Å². The van der Waals surface area contributed by atoms with Crippen molar-refractivity contribution in [3.8, 4) is 0 Å². The molecule has 0 fully saturated rings. The number of carbonyl (C=O) groups is 1. The van der Waals surface area contributed by atoms with E-state index in [-0.39, 0.29) is 5.91 Å². The molecule has 0 saturated carbocycles. The van der Waals surface area contributed by atoms with Crippen molar-refractivity contribution >= 4 is 39.0 Å². The Morgan fingerprint density at radius 2 is 2.29 bits per heavy atom. The van der Waals surface area contributed by atoms with Gasteiger partial charge in [-0.15, -0.1) is 11.3 Å². The molecule has 0 radical (unpaired) electrons. The number of hydrogen-bond donors (Lipinski definition) is 1. The number of pyridine rings is 1. The molecule has 2 rings (SSSR count). The second-order valence-electron chi connectivity index (χ2n) is 4.76. The lowest BCUT2D eigenvalue weighted by Crippen LogP contribution is -2.27. The van der Waals surface area contributed by atoms with Crippen LogP contribution in [-0.2, 0) is 6.54 Å². The predicted octanol–water partition coefficient (Wildman–Crippen LogP) is 4.00. The van der Waals surface area contributed by atoms with Crippen molar-refractivity contribution in [2.75, 3.05) is 18.9 Å². The molecular formula is C15H18BrN3OS. The summed E-state index contributed by atoms with van der Waals surface area (Å²) in [5.74, 6) is 0.673. The summed E-state index contributed by atoms with van der Waals surface area (Å²) in [5, 5.41) is 5.24. The van der Waals surface area contributed by atoms with E-state index in [1.165, 1.54) is 0 Å². The molecule has 0 saturated heterocycles. The number of halogens is 1. The number of rotatable bonds is 6. The molecule has 6 heteroatoms. The van der Waals surface area contributed by atoms with Crippen LogP contribution >= 0.6 is 27.3 Å². The molecule has 0 aliphatic rings. The normalized spacial score (nSPS) is 10.4. The molecule has 2 aromatic heterocycles. The third-order valence-corrected chi connectivity index (χ3v) is 4.47. The number of hydrogen-bond acceptors (Lipinski definition) is 4. The minimum atomic E-state index is -0.0718. The topological polar surface area (TPSA) is 45.2 Å². The number of anilines is 1. The van der Waals surface area contributed by atoms with E-state index in [4.69, 9.17) is 0 Å². The van der Waals surface area contributed by atoms with E-state index in [1.807, 2.05) is 23.6 Å². The van der Waals surface area contributed by atoms with Crippen molar-refractivity contribution in [1.29, 1.82) is 0 Å². The standard InChI is InChI=1S/C15H18BrN3OS/c1-3-7-17-14-6-4-5-12(18-14)15(20)19(2)9-11-8-13(16)21-10-11/h4-6,8,10H,3,7,9H2,1-2H3,(H,17,18). The molecule has 1 N–H and O–H groups in total. The molecule has 21 heavy (non-hydrogen) atoms. The molecule has 112 valence electrons. The minimum Gasteiger partial charge on any atom is -0.370 e. The molecule has 0 unspecified atom stereocenters. The number of carbonyl (C=O) groups excluding carboxylic acids is 1. The van der Waals surface area contributed by atoms with Crippen molar-refractivity contribution < 1.29 is 4.79 Å². The molecule has 0 aromatic carbocycles. The van der Waals surface area contributed by atoms with E-state index in [9.17, 15) is 4.79 Å². The third kappa shape index (κ3) is 4.54. The zero-order valence-corrected chi connectivity index (χ0v) is 14.5. The van der Waals surface area contributed by atoms with Crippen LogP contribution in [0.3, 0.4) is 0 Å². The first kappa shape index (κ1) is 16.0. The van der Waals surface area contributed by atoms with Gasteiger partial charge in [-0.25, -0.2) is 4.98 Å². The molecule has 2 aromatic rings. The molecule has 0 aliphatic heterocycles. The van der Waals surface area contributed by atoms with Crippen LogP contribution in [0.2, 0.25) is 0 Å².